The highest BCUT2D eigenvalue weighted by Crippen LogP contribution is 2.45. The Morgan fingerprint density at radius 1 is 0.932 bits per heavy atom. The zero-order chi connectivity index (χ0) is 31.3. The Balaban J connectivity index is 1.44. The predicted octanol–water partition coefficient (Wildman–Crippen LogP) is 8.09. The summed E-state index contributed by atoms with van der Waals surface area (Å²) >= 11 is 12.5. The van der Waals surface area contributed by atoms with Gasteiger partial charge in [0.05, 0.1) is 12.5 Å². The molecule has 0 bridgehead atoms. The van der Waals surface area contributed by atoms with E-state index >= 15 is 0 Å². The highest BCUT2D eigenvalue weighted by atomic mass is 35.5. The third-order valence-electron chi connectivity index (χ3n) is 8.52. The molecule has 0 aromatic heterocycles. The molecule has 1 spiro atoms. The predicted molar refractivity (Wildman–Crippen MR) is 174 cm³/mol. The molecule has 9 heteroatoms. The number of nitrogens with one attached hydrogen (secondary N) is 1. The zero-order valence-electron chi connectivity index (χ0n) is 24.8. The van der Waals surface area contributed by atoms with Crippen LogP contribution in [0.25, 0.3) is 11.1 Å². The molecule has 0 radical (unpaired) electrons. The smallest absolute Gasteiger partial charge is 0.305 e. The van der Waals surface area contributed by atoms with Crippen LogP contribution in [0.4, 0.5) is 0 Å². The first-order valence-electron chi connectivity index (χ1n) is 15.3. The van der Waals surface area contributed by atoms with E-state index in [9.17, 15) is 14.4 Å². The number of halogens is 2. The van der Waals surface area contributed by atoms with E-state index in [1.807, 2.05) is 53.4 Å². The van der Waals surface area contributed by atoms with Gasteiger partial charge in [0.15, 0.2) is 0 Å². The zero-order valence-corrected chi connectivity index (χ0v) is 26.3. The Labute approximate surface area is 268 Å². The number of carbonyl (C=O) groups excluding carboxylic acids is 2. The average Bonchev–Trinajstić information content (AvgIpc) is 3.28. The molecule has 2 amide bonds. The molecule has 1 heterocycles. The van der Waals surface area contributed by atoms with Crippen LogP contribution in [-0.4, -0.2) is 45.7 Å². The van der Waals surface area contributed by atoms with Crippen molar-refractivity contribution in [3.05, 3.63) is 93.5 Å². The van der Waals surface area contributed by atoms with Crippen LogP contribution in [0.3, 0.4) is 0 Å². The lowest BCUT2D eigenvalue weighted by Gasteiger charge is -2.44. The molecule has 1 aliphatic heterocycles. The molecule has 2 aliphatic rings. The van der Waals surface area contributed by atoms with Crippen molar-refractivity contribution in [1.82, 2.24) is 10.2 Å². The SMILES string of the molecule is CCCC[C@H](c1ccc(C(=O)NCCC(=O)O)cc1)N1C(=O)C(c2ccc(-c3cc(Cl)cc(Cl)c3)cc2)=NC12CCCCC2. The fourth-order valence-electron chi connectivity index (χ4n) is 6.33. The monoisotopic (exact) mass is 633 g/mol. The van der Waals surface area contributed by atoms with Gasteiger partial charge in [-0.2, -0.15) is 0 Å². The number of carboxylic acids is 1. The van der Waals surface area contributed by atoms with Gasteiger partial charge in [0.1, 0.15) is 11.4 Å². The van der Waals surface area contributed by atoms with Crippen molar-refractivity contribution in [3.8, 4) is 11.1 Å². The van der Waals surface area contributed by atoms with Crippen molar-refractivity contribution in [3.63, 3.8) is 0 Å². The van der Waals surface area contributed by atoms with E-state index in [1.54, 1.807) is 18.2 Å². The summed E-state index contributed by atoms with van der Waals surface area (Å²) in [6.07, 6.45) is 7.33. The summed E-state index contributed by atoms with van der Waals surface area (Å²) in [7, 11) is 0. The van der Waals surface area contributed by atoms with Gasteiger partial charge in [-0.05, 0) is 79.1 Å². The third kappa shape index (κ3) is 7.00. The fraction of sp³-hybridized carbons (Fsp3) is 0.371. The number of hydrogen-bond donors (Lipinski definition) is 2. The van der Waals surface area contributed by atoms with Gasteiger partial charge in [-0.1, -0.05) is 85.8 Å². The minimum absolute atomic E-state index is 0.0633. The minimum atomic E-state index is -0.963. The third-order valence-corrected chi connectivity index (χ3v) is 8.96. The van der Waals surface area contributed by atoms with E-state index in [1.165, 1.54) is 0 Å². The van der Waals surface area contributed by atoms with Gasteiger partial charge in [0.25, 0.3) is 11.8 Å². The van der Waals surface area contributed by atoms with Crippen molar-refractivity contribution in [1.29, 1.82) is 0 Å². The van der Waals surface area contributed by atoms with Crippen LogP contribution in [0.2, 0.25) is 10.0 Å². The number of nitrogens with zero attached hydrogens (tertiary/aromatic N) is 2. The van der Waals surface area contributed by atoms with Crippen molar-refractivity contribution in [2.24, 2.45) is 4.99 Å². The standard InChI is InChI=1S/C35H37Cl2N3O4/c1-2-3-7-30(24-10-14-26(15-11-24)33(43)38-19-16-31(41)42)40-34(44)32(39-35(40)17-5-4-6-18-35)25-12-8-23(9-13-25)27-20-28(36)22-29(37)21-27/h8-15,20-22,30H,2-7,16-19H2,1H3,(H,38,43)(H,41,42)/t30-/m1/s1. The van der Waals surface area contributed by atoms with E-state index in [0.29, 0.717) is 21.3 Å². The highest BCUT2D eigenvalue weighted by Gasteiger charge is 2.50. The van der Waals surface area contributed by atoms with E-state index in [-0.39, 0.29) is 30.8 Å². The van der Waals surface area contributed by atoms with Crippen LogP contribution in [0.5, 0.6) is 0 Å². The van der Waals surface area contributed by atoms with Crippen LogP contribution in [0, 0.1) is 0 Å². The quantitative estimate of drug-likeness (QED) is 0.223. The number of rotatable bonds is 11. The molecule has 1 fully saturated rings. The van der Waals surface area contributed by atoms with Crippen LogP contribution >= 0.6 is 23.2 Å². The average molecular weight is 635 g/mol. The number of benzene rings is 3. The second kappa shape index (κ2) is 14.0. The van der Waals surface area contributed by atoms with E-state index in [0.717, 1.165) is 73.6 Å². The molecule has 1 saturated carbocycles. The number of aliphatic carboxylic acids is 1. The van der Waals surface area contributed by atoms with Crippen molar-refractivity contribution in [2.75, 3.05) is 6.54 Å². The van der Waals surface area contributed by atoms with Gasteiger partial charge in [0, 0.05) is 27.7 Å². The van der Waals surface area contributed by atoms with Gasteiger partial charge in [0.2, 0.25) is 0 Å². The number of unbranched alkanes of at least 4 members (excludes halogenated alkanes) is 1. The Hall–Kier alpha value is -3.68. The van der Waals surface area contributed by atoms with Crippen LogP contribution < -0.4 is 5.32 Å². The Bertz CT molecular complexity index is 1530. The first-order chi connectivity index (χ1) is 21.2. The Morgan fingerprint density at radius 2 is 1.57 bits per heavy atom. The van der Waals surface area contributed by atoms with Crippen LogP contribution in [-0.2, 0) is 9.59 Å². The largest absolute Gasteiger partial charge is 0.481 e. The van der Waals surface area contributed by atoms with Gasteiger partial charge in [-0.25, -0.2) is 0 Å². The molecule has 3 aromatic carbocycles. The van der Waals surface area contributed by atoms with E-state index in [4.69, 9.17) is 33.3 Å². The molecular weight excluding hydrogens is 597 g/mol. The molecule has 0 unspecified atom stereocenters. The van der Waals surface area contributed by atoms with Crippen molar-refractivity contribution in [2.45, 2.75) is 76.4 Å². The van der Waals surface area contributed by atoms with E-state index in [2.05, 4.69) is 12.2 Å². The number of aliphatic imine (C=N–C) groups is 1. The Morgan fingerprint density at radius 3 is 2.18 bits per heavy atom. The summed E-state index contributed by atoms with van der Waals surface area (Å²) < 4.78 is 0. The lowest BCUT2D eigenvalue weighted by atomic mass is 9.86. The number of carbonyl (C=O) groups is 3. The Kier molecular flexibility index (Phi) is 10.1. The summed E-state index contributed by atoms with van der Waals surface area (Å²) in [5.74, 6) is -1.35. The summed E-state index contributed by atoms with van der Waals surface area (Å²) in [4.78, 5) is 45.0. The number of carboxylic acid groups (broad SMARTS) is 1. The number of hydrogen-bond acceptors (Lipinski definition) is 4. The molecule has 44 heavy (non-hydrogen) atoms. The van der Waals surface area contributed by atoms with E-state index < -0.39 is 11.6 Å². The van der Waals surface area contributed by atoms with Crippen molar-refractivity contribution >= 4 is 46.7 Å². The fourth-order valence-corrected chi connectivity index (χ4v) is 6.85. The second-order valence-electron chi connectivity index (χ2n) is 11.6. The second-order valence-corrected chi connectivity index (χ2v) is 12.5. The maximum Gasteiger partial charge on any atom is 0.305 e. The van der Waals surface area contributed by atoms with Crippen LogP contribution in [0.15, 0.2) is 71.7 Å². The topological polar surface area (TPSA) is 99.1 Å². The summed E-state index contributed by atoms with van der Waals surface area (Å²) in [6, 6.07) is 20.4. The summed E-state index contributed by atoms with van der Waals surface area (Å²) in [6.45, 7) is 2.20. The van der Waals surface area contributed by atoms with Gasteiger partial charge in [-0.3, -0.25) is 19.4 Å². The maximum atomic E-state index is 14.4. The van der Waals surface area contributed by atoms with Crippen molar-refractivity contribution < 1.29 is 19.5 Å². The first kappa shape index (κ1) is 31.7. The molecule has 5 rings (SSSR count). The van der Waals surface area contributed by atoms with Gasteiger partial charge < -0.3 is 15.3 Å². The lowest BCUT2D eigenvalue weighted by Crippen LogP contribution is -2.50. The highest BCUT2D eigenvalue weighted by molar-refractivity contribution is 6.46. The maximum absolute atomic E-state index is 14.4. The summed E-state index contributed by atoms with van der Waals surface area (Å²) in [5, 5.41) is 12.6. The van der Waals surface area contributed by atoms with Crippen LogP contribution in [0.1, 0.15) is 92.2 Å². The molecule has 230 valence electrons. The molecule has 1 atom stereocenters. The molecular formula is C35H37Cl2N3O4. The molecule has 3 aromatic rings. The lowest BCUT2D eigenvalue weighted by molar-refractivity contribution is -0.137. The van der Waals surface area contributed by atoms with Gasteiger partial charge in [-0.15, -0.1) is 0 Å². The molecule has 1 aliphatic carbocycles. The molecule has 2 N–H and O–H groups in total. The number of amides is 2. The minimum Gasteiger partial charge on any atom is -0.481 e. The normalized spacial score (nSPS) is 16.6. The summed E-state index contributed by atoms with van der Waals surface area (Å²) in [5.41, 5.74) is 3.92. The van der Waals surface area contributed by atoms with Gasteiger partial charge >= 0.3 is 5.97 Å². The molecule has 7 nitrogen and oxygen atoms in total. The molecule has 0 saturated heterocycles. The first-order valence-corrected chi connectivity index (χ1v) is 16.1.